The third-order valence-corrected chi connectivity index (χ3v) is 6.18. The minimum absolute atomic E-state index is 0.0901. The Labute approximate surface area is 167 Å². The molecule has 0 bridgehead atoms. The molecule has 29 heavy (non-hydrogen) atoms. The fraction of sp³-hybridized carbons (Fsp3) is 0.318. The summed E-state index contributed by atoms with van der Waals surface area (Å²) in [6.45, 7) is 3.53. The molecule has 2 amide bonds. The van der Waals surface area contributed by atoms with Crippen molar-refractivity contribution in [1.82, 2.24) is 0 Å². The van der Waals surface area contributed by atoms with Crippen molar-refractivity contribution in [2.45, 2.75) is 25.4 Å². The minimum atomic E-state index is -1.29. The van der Waals surface area contributed by atoms with Gasteiger partial charge >= 0.3 is 5.97 Å². The van der Waals surface area contributed by atoms with E-state index in [1.54, 1.807) is 18.3 Å². The number of halogens is 1. The molecule has 0 radical (unpaired) electrons. The Bertz CT molecular complexity index is 1020. The summed E-state index contributed by atoms with van der Waals surface area (Å²) in [6.07, 6.45) is 0. The molecule has 2 aliphatic heterocycles. The number of anilines is 1. The smallest absolute Gasteiger partial charge is 0.368 e. The molecule has 6 nitrogen and oxygen atoms in total. The maximum Gasteiger partial charge on any atom is 0.368 e. The second-order valence-corrected chi connectivity index (χ2v) is 7.79. The summed E-state index contributed by atoms with van der Waals surface area (Å²) >= 11 is 0. The van der Waals surface area contributed by atoms with Crippen LogP contribution in [-0.4, -0.2) is 30.4 Å². The number of carbonyl (C=O) groups is 3. The number of nitrogens with two attached hydrogens (primary N) is 1. The summed E-state index contributed by atoms with van der Waals surface area (Å²) in [4.78, 5) is 40.4. The Hall–Kier alpha value is -3.06. The first-order chi connectivity index (χ1) is 13.8. The van der Waals surface area contributed by atoms with Crippen molar-refractivity contribution < 1.29 is 28.8 Å². The van der Waals surface area contributed by atoms with Crippen LogP contribution in [0.25, 0.3) is 0 Å². The number of amides is 2. The van der Waals surface area contributed by atoms with Gasteiger partial charge in [-0.25, -0.2) is 14.1 Å². The summed E-state index contributed by atoms with van der Waals surface area (Å²) in [5.41, 5.74) is 0.435. The third kappa shape index (κ3) is 2.68. The average Bonchev–Trinajstić information content (AvgIpc) is 3.16. The molecule has 2 aromatic rings. The van der Waals surface area contributed by atoms with Crippen LogP contribution in [0.1, 0.15) is 24.1 Å². The van der Waals surface area contributed by atoms with E-state index in [0.29, 0.717) is 0 Å². The number of aryl methyl sites for hydroxylation is 1. The molecular formula is C22H22FN2O4+. The summed E-state index contributed by atoms with van der Waals surface area (Å²) in [5.74, 6) is -4.07. The second kappa shape index (κ2) is 6.77. The van der Waals surface area contributed by atoms with Gasteiger partial charge in [-0.15, -0.1) is 0 Å². The Morgan fingerprint density at radius 3 is 2.41 bits per heavy atom. The molecule has 4 atom stereocenters. The van der Waals surface area contributed by atoms with Crippen molar-refractivity contribution in [2.75, 3.05) is 12.0 Å². The van der Waals surface area contributed by atoms with Crippen LogP contribution in [0.2, 0.25) is 0 Å². The topological polar surface area (TPSA) is 80.3 Å². The second-order valence-electron chi connectivity index (χ2n) is 7.79. The predicted octanol–water partition coefficient (Wildman–Crippen LogP) is 1.49. The van der Waals surface area contributed by atoms with Crippen LogP contribution >= 0.6 is 0 Å². The lowest BCUT2D eigenvalue weighted by Gasteiger charge is -2.26. The number of carbonyl (C=O) groups excluding carboxylic acids is 3. The molecule has 2 fully saturated rings. The number of ether oxygens (including phenoxy) is 1. The maximum absolute atomic E-state index is 14.4. The molecule has 2 N–H and O–H groups in total. The Balaban J connectivity index is 1.87. The number of fused-ring (bicyclic) bond motifs is 1. The van der Waals surface area contributed by atoms with Crippen LogP contribution in [0.3, 0.4) is 0 Å². The van der Waals surface area contributed by atoms with Gasteiger partial charge < -0.3 is 10.1 Å². The first-order valence-corrected chi connectivity index (χ1v) is 9.43. The highest BCUT2D eigenvalue weighted by molar-refractivity contribution is 6.23. The molecule has 0 spiro atoms. The van der Waals surface area contributed by atoms with Gasteiger partial charge in [0.05, 0.1) is 12.8 Å². The van der Waals surface area contributed by atoms with Crippen molar-refractivity contribution in [3.05, 3.63) is 65.5 Å². The van der Waals surface area contributed by atoms with E-state index in [0.717, 1.165) is 16.0 Å². The predicted molar refractivity (Wildman–Crippen MR) is 102 cm³/mol. The molecular weight excluding hydrogens is 375 g/mol. The van der Waals surface area contributed by atoms with E-state index >= 15 is 0 Å². The molecule has 4 rings (SSSR count). The molecule has 2 aliphatic rings. The number of nitrogens with zero attached hydrogens (tertiary/aromatic N) is 1. The zero-order valence-corrected chi connectivity index (χ0v) is 16.4. The average molecular weight is 397 g/mol. The number of esters is 1. The van der Waals surface area contributed by atoms with Crippen LogP contribution < -0.4 is 10.2 Å². The van der Waals surface area contributed by atoms with E-state index in [2.05, 4.69) is 0 Å². The van der Waals surface area contributed by atoms with E-state index in [-0.39, 0.29) is 5.69 Å². The number of benzene rings is 2. The first-order valence-electron chi connectivity index (χ1n) is 9.43. The van der Waals surface area contributed by atoms with E-state index in [1.165, 1.54) is 25.3 Å². The van der Waals surface area contributed by atoms with Gasteiger partial charge in [-0.2, -0.15) is 0 Å². The zero-order valence-electron chi connectivity index (χ0n) is 16.4. The van der Waals surface area contributed by atoms with Crippen molar-refractivity contribution in [3.63, 3.8) is 0 Å². The van der Waals surface area contributed by atoms with E-state index < -0.39 is 47.0 Å². The Kier molecular flexibility index (Phi) is 4.50. The van der Waals surface area contributed by atoms with Gasteiger partial charge in [0.2, 0.25) is 17.4 Å². The molecule has 0 aromatic heterocycles. The van der Waals surface area contributed by atoms with E-state index in [4.69, 9.17) is 4.74 Å². The highest BCUT2D eigenvalue weighted by Crippen LogP contribution is 2.46. The van der Waals surface area contributed by atoms with Gasteiger partial charge in [0, 0.05) is 12.5 Å². The summed E-state index contributed by atoms with van der Waals surface area (Å²) < 4.78 is 19.4. The van der Waals surface area contributed by atoms with Gasteiger partial charge in [-0.3, -0.25) is 9.59 Å². The van der Waals surface area contributed by atoms with Crippen LogP contribution in [0.4, 0.5) is 10.1 Å². The van der Waals surface area contributed by atoms with E-state index in [9.17, 15) is 18.8 Å². The Morgan fingerprint density at radius 1 is 1.10 bits per heavy atom. The highest BCUT2D eigenvalue weighted by Gasteiger charge is 2.71. The number of methoxy groups -OCH3 is 1. The normalized spacial score (nSPS) is 28.6. The lowest BCUT2D eigenvalue weighted by atomic mass is 9.80. The molecule has 2 aromatic carbocycles. The fourth-order valence-corrected chi connectivity index (χ4v) is 4.79. The molecule has 150 valence electrons. The largest absolute Gasteiger partial charge is 0.464 e. The quantitative estimate of drug-likeness (QED) is 0.629. The maximum atomic E-state index is 14.4. The standard InChI is InChI=1S/C22H21FN2O4/c1-12-8-4-5-9-13(12)18-16-17(22(2,24-18)21(28)29-3)20(27)25(19(16)26)15-11-7-6-10-14(15)23/h4-11,16-18,24H,1-3H3/p+1/t16-,17+,18-,22+/m1/s1. The fourth-order valence-electron chi connectivity index (χ4n) is 4.79. The van der Waals surface area contributed by atoms with Crippen molar-refractivity contribution >= 4 is 23.5 Å². The van der Waals surface area contributed by atoms with Gasteiger partial charge in [0.15, 0.2) is 0 Å². The molecule has 0 aliphatic carbocycles. The number of quaternary nitrogens is 1. The van der Waals surface area contributed by atoms with Gasteiger partial charge in [-0.05, 0) is 24.6 Å². The summed E-state index contributed by atoms with van der Waals surface area (Å²) in [5, 5.41) is 1.75. The van der Waals surface area contributed by atoms with Crippen LogP contribution in [0.5, 0.6) is 0 Å². The lowest BCUT2D eigenvalue weighted by Crippen LogP contribution is -2.97. The Morgan fingerprint density at radius 2 is 1.76 bits per heavy atom. The molecule has 2 heterocycles. The van der Waals surface area contributed by atoms with Gasteiger partial charge in [0.1, 0.15) is 23.7 Å². The first kappa shape index (κ1) is 19.3. The molecule has 0 saturated carbocycles. The van der Waals surface area contributed by atoms with Gasteiger partial charge in [0.25, 0.3) is 0 Å². The molecule has 2 saturated heterocycles. The van der Waals surface area contributed by atoms with Crippen molar-refractivity contribution in [1.29, 1.82) is 0 Å². The van der Waals surface area contributed by atoms with E-state index in [1.807, 2.05) is 31.2 Å². The number of hydrogen-bond acceptors (Lipinski definition) is 4. The SMILES string of the molecule is COC(=O)[C@@]1(C)[NH2+][C@H](c2ccccc2C)[C@@H]2C(=O)N(c3ccccc3F)C(=O)[C@H]21. The van der Waals surface area contributed by atoms with Crippen LogP contribution in [-0.2, 0) is 19.1 Å². The number of hydrogen-bond donors (Lipinski definition) is 1. The monoisotopic (exact) mass is 397 g/mol. The zero-order chi connectivity index (χ0) is 20.9. The number of para-hydroxylation sites is 1. The van der Waals surface area contributed by atoms with Gasteiger partial charge in [-0.1, -0.05) is 36.4 Å². The number of imide groups is 1. The summed E-state index contributed by atoms with van der Waals surface area (Å²) in [6, 6.07) is 12.8. The summed E-state index contributed by atoms with van der Waals surface area (Å²) in [7, 11) is 1.26. The third-order valence-electron chi connectivity index (χ3n) is 6.18. The van der Waals surface area contributed by atoms with Crippen molar-refractivity contribution in [2.24, 2.45) is 11.8 Å². The lowest BCUT2D eigenvalue weighted by molar-refractivity contribution is -0.730. The highest BCUT2D eigenvalue weighted by atomic mass is 19.1. The minimum Gasteiger partial charge on any atom is -0.464 e. The molecule has 0 unspecified atom stereocenters. The van der Waals surface area contributed by atoms with Crippen molar-refractivity contribution in [3.8, 4) is 0 Å². The van der Waals surface area contributed by atoms with Crippen LogP contribution in [0, 0.1) is 24.6 Å². The van der Waals surface area contributed by atoms with Crippen LogP contribution in [0.15, 0.2) is 48.5 Å². The number of rotatable bonds is 3. The molecule has 7 heteroatoms.